The zero-order valence-corrected chi connectivity index (χ0v) is 13.6. The number of likely N-dealkylation sites (tertiary alicyclic amines) is 1. The average molecular weight is 318 g/mol. The molecule has 1 atom stereocenters. The molecule has 5 nitrogen and oxygen atoms in total. The third kappa shape index (κ3) is 3.61. The van der Waals surface area contributed by atoms with Crippen LogP contribution in [0.4, 0.5) is 0 Å². The first-order valence-corrected chi connectivity index (χ1v) is 8.91. The molecule has 0 aromatic carbocycles. The third-order valence-corrected chi connectivity index (χ3v) is 5.56. The maximum absolute atomic E-state index is 12.2. The molecule has 1 spiro atoms. The summed E-state index contributed by atoms with van der Waals surface area (Å²) in [5.41, 5.74) is 1.17. The van der Waals surface area contributed by atoms with Crippen LogP contribution in [0.3, 0.4) is 0 Å². The fourth-order valence-corrected chi connectivity index (χ4v) is 3.81. The van der Waals surface area contributed by atoms with Gasteiger partial charge in [-0.1, -0.05) is 0 Å². The lowest BCUT2D eigenvalue weighted by atomic mass is 9.88. The van der Waals surface area contributed by atoms with Crippen LogP contribution in [-0.2, 0) is 16.1 Å². The number of furan rings is 1. The fourth-order valence-electron chi connectivity index (χ4n) is 3.81. The van der Waals surface area contributed by atoms with Crippen LogP contribution in [-0.4, -0.2) is 42.1 Å². The molecule has 23 heavy (non-hydrogen) atoms. The van der Waals surface area contributed by atoms with Gasteiger partial charge >= 0.3 is 0 Å². The van der Waals surface area contributed by atoms with Gasteiger partial charge in [0, 0.05) is 31.7 Å². The second-order valence-corrected chi connectivity index (χ2v) is 7.42. The van der Waals surface area contributed by atoms with Crippen molar-refractivity contribution in [1.29, 1.82) is 0 Å². The summed E-state index contributed by atoms with van der Waals surface area (Å²) < 4.78 is 11.4. The van der Waals surface area contributed by atoms with E-state index in [0.717, 1.165) is 57.8 Å². The van der Waals surface area contributed by atoms with Crippen molar-refractivity contribution in [1.82, 2.24) is 10.2 Å². The van der Waals surface area contributed by atoms with Gasteiger partial charge in [0.25, 0.3) is 0 Å². The minimum atomic E-state index is -0.228. The lowest BCUT2D eigenvalue weighted by Crippen LogP contribution is -2.45. The second-order valence-electron chi connectivity index (χ2n) is 7.42. The molecule has 5 heteroatoms. The highest BCUT2D eigenvalue weighted by atomic mass is 16.5. The molecule has 3 aliphatic rings. The van der Waals surface area contributed by atoms with Crippen molar-refractivity contribution in [2.24, 2.45) is 5.92 Å². The van der Waals surface area contributed by atoms with E-state index in [1.165, 1.54) is 18.4 Å². The summed E-state index contributed by atoms with van der Waals surface area (Å²) in [6.07, 6.45) is 9.79. The van der Waals surface area contributed by atoms with Gasteiger partial charge in [0.2, 0.25) is 5.91 Å². The van der Waals surface area contributed by atoms with E-state index in [4.69, 9.17) is 9.15 Å². The number of carbonyl (C=O) groups is 1. The summed E-state index contributed by atoms with van der Waals surface area (Å²) in [4.78, 5) is 14.7. The molecule has 1 N–H and O–H groups in total. The molecule has 4 rings (SSSR count). The Balaban J connectivity index is 1.25. The number of hydrogen-bond acceptors (Lipinski definition) is 4. The maximum Gasteiger partial charge on any atom is 0.249 e. The molecular formula is C18H26N2O3. The third-order valence-electron chi connectivity index (χ3n) is 5.56. The van der Waals surface area contributed by atoms with E-state index < -0.39 is 0 Å². The van der Waals surface area contributed by atoms with E-state index in [1.807, 2.05) is 12.3 Å². The van der Waals surface area contributed by atoms with E-state index >= 15 is 0 Å². The average Bonchev–Trinajstić information content (AvgIpc) is 3.08. The topological polar surface area (TPSA) is 54.7 Å². The molecule has 0 bridgehead atoms. The molecule has 0 radical (unpaired) electrons. The maximum atomic E-state index is 12.2. The highest BCUT2D eigenvalue weighted by Crippen LogP contribution is 2.39. The van der Waals surface area contributed by atoms with Crippen molar-refractivity contribution in [3.63, 3.8) is 0 Å². The molecule has 3 fully saturated rings. The second kappa shape index (κ2) is 6.29. The van der Waals surface area contributed by atoms with E-state index in [9.17, 15) is 4.79 Å². The predicted octanol–water partition coefficient (Wildman–Crippen LogP) is 2.32. The first kappa shape index (κ1) is 15.2. The summed E-state index contributed by atoms with van der Waals surface area (Å²) >= 11 is 0. The van der Waals surface area contributed by atoms with E-state index in [1.54, 1.807) is 6.26 Å². The van der Waals surface area contributed by atoms with Crippen LogP contribution >= 0.6 is 0 Å². The van der Waals surface area contributed by atoms with Gasteiger partial charge in [-0.05, 0) is 50.5 Å². The van der Waals surface area contributed by atoms with Crippen LogP contribution in [0.15, 0.2) is 23.0 Å². The van der Waals surface area contributed by atoms with Crippen molar-refractivity contribution in [2.45, 2.75) is 56.8 Å². The van der Waals surface area contributed by atoms with Crippen LogP contribution in [0.1, 0.15) is 44.1 Å². The molecule has 3 heterocycles. The Bertz CT molecular complexity index is 530. The Morgan fingerprint density at radius 3 is 2.78 bits per heavy atom. The molecule has 1 saturated carbocycles. The van der Waals surface area contributed by atoms with Gasteiger partial charge in [0.05, 0.1) is 18.1 Å². The quantitative estimate of drug-likeness (QED) is 0.905. The molecule has 0 unspecified atom stereocenters. The van der Waals surface area contributed by atoms with Crippen LogP contribution in [0.25, 0.3) is 0 Å². The van der Waals surface area contributed by atoms with Crippen LogP contribution in [0.5, 0.6) is 0 Å². The summed E-state index contributed by atoms with van der Waals surface area (Å²) in [6.45, 7) is 3.84. The minimum absolute atomic E-state index is 0.0610. The van der Waals surface area contributed by atoms with Crippen LogP contribution in [0.2, 0.25) is 0 Å². The van der Waals surface area contributed by atoms with Gasteiger partial charge in [-0.15, -0.1) is 0 Å². The molecule has 2 aliphatic heterocycles. The SMILES string of the molecule is O=C(NCC1CC1)[C@@H]1CCC2(CCN(Cc3ccoc3)CC2)O1. The molecule has 1 aromatic rings. The number of nitrogens with one attached hydrogen (secondary N) is 1. The molecule has 126 valence electrons. The van der Waals surface area contributed by atoms with E-state index in [2.05, 4.69) is 10.2 Å². The number of rotatable bonds is 5. The lowest BCUT2D eigenvalue weighted by Gasteiger charge is -2.38. The smallest absolute Gasteiger partial charge is 0.249 e. The molecular weight excluding hydrogens is 292 g/mol. The Kier molecular flexibility index (Phi) is 4.16. The van der Waals surface area contributed by atoms with Crippen molar-refractivity contribution < 1.29 is 13.9 Å². The highest BCUT2D eigenvalue weighted by molar-refractivity contribution is 5.81. The summed E-state index contributed by atoms with van der Waals surface area (Å²) in [6, 6.07) is 2.02. The monoisotopic (exact) mass is 318 g/mol. The van der Waals surface area contributed by atoms with Crippen molar-refractivity contribution in [3.05, 3.63) is 24.2 Å². The van der Waals surface area contributed by atoms with E-state index in [-0.39, 0.29) is 17.6 Å². The number of piperidine rings is 1. The van der Waals surface area contributed by atoms with Crippen molar-refractivity contribution in [2.75, 3.05) is 19.6 Å². The van der Waals surface area contributed by atoms with Crippen LogP contribution < -0.4 is 5.32 Å². The van der Waals surface area contributed by atoms with Crippen molar-refractivity contribution >= 4 is 5.91 Å². The largest absolute Gasteiger partial charge is 0.472 e. The summed E-state index contributed by atoms with van der Waals surface area (Å²) in [5.74, 6) is 0.829. The summed E-state index contributed by atoms with van der Waals surface area (Å²) in [7, 11) is 0. The molecule has 2 saturated heterocycles. The van der Waals surface area contributed by atoms with Gasteiger partial charge in [0.15, 0.2) is 0 Å². The number of hydrogen-bond donors (Lipinski definition) is 1. The Morgan fingerprint density at radius 1 is 1.26 bits per heavy atom. The van der Waals surface area contributed by atoms with Gasteiger partial charge in [0.1, 0.15) is 6.10 Å². The van der Waals surface area contributed by atoms with Crippen molar-refractivity contribution in [3.8, 4) is 0 Å². The summed E-state index contributed by atoms with van der Waals surface area (Å²) in [5, 5.41) is 3.06. The Morgan fingerprint density at radius 2 is 2.09 bits per heavy atom. The zero-order valence-electron chi connectivity index (χ0n) is 13.6. The molecule has 1 amide bonds. The number of nitrogens with zero attached hydrogens (tertiary/aromatic N) is 1. The molecule has 1 aliphatic carbocycles. The Hall–Kier alpha value is -1.33. The lowest BCUT2D eigenvalue weighted by molar-refractivity contribution is -0.140. The van der Waals surface area contributed by atoms with E-state index in [0.29, 0.717) is 0 Å². The number of ether oxygens (including phenoxy) is 1. The number of carbonyl (C=O) groups excluding carboxylic acids is 1. The van der Waals surface area contributed by atoms with Gasteiger partial charge in [-0.2, -0.15) is 0 Å². The first-order valence-electron chi connectivity index (χ1n) is 8.91. The molecule has 1 aromatic heterocycles. The minimum Gasteiger partial charge on any atom is -0.472 e. The van der Waals surface area contributed by atoms with Crippen LogP contribution in [0, 0.1) is 5.92 Å². The standard InChI is InChI=1S/C18H26N2O3/c21-17(19-11-14-1-2-14)16-3-5-18(23-16)6-8-20(9-7-18)12-15-4-10-22-13-15/h4,10,13-14,16H,1-3,5-9,11-12H2,(H,19,21)/t16-/m0/s1. The zero-order chi connectivity index (χ0) is 15.7. The highest BCUT2D eigenvalue weighted by Gasteiger charge is 2.44. The van der Waals surface area contributed by atoms with Gasteiger partial charge in [-0.3, -0.25) is 9.69 Å². The van der Waals surface area contributed by atoms with Gasteiger partial charge < -0.3 is 14.5 Å². The number of amides is 1. The normalized spacial score (nSPS) is 27.4. The Labute approximate surface area is 137 Å². The predicted molar refractivity (Wildman–Crippen MR) is 85.8 cm³/mol. The first-order chi connectivity index (χ1) is 11.2. The fraction of sp³-hybridized carbons (Fsp3) is 0.722. The van der Waals surface area contributed by atoms with Gasteiger partial charge in [-0.25, -0.2) is 0 Å².